The van der Waals surface area contributed by atoms with E-state index in [1.165, 1.54) is 24.3 Å². The first kappa shape index (κ1) is 26.6. The molecular formula is C24H19ClF7NO2. The molecule has 3 aromatic rings. The van der Waals surface area contributed by atoms with Crippen LogP contribution in [0.2, 0.25) is 0 Å². The molecule has 1 atom stereocenters. The molecule has 0 saturated carbocycles. The van der Waals surface area contributed by atoms with Gasteiger partial charge in [0.05, 0.1) is 6.54 Å². The Morgan fingerprint density at radius 1 is 0.800 bits per heavy atom. The zero-order valence-electron chi connectivity index (χ0n) is 17.8. The molecule has 0 radical (unpaired) electrons. The monoisotopic (exact) mass is 521 g/mol. The van der Waals surface area contributed by atoms with Gasteiger partial charge >= 0.3 is 17.5 Å². The fourth-order valence-corrected chi connectivity index (χ4v) is 3.30. The summed E-state index contributed by atoms with van der Waals surface area (Å²) in [5.41, 5.74) is -0.944. The van der Waals surface area contributed by atoms with Crippen molar-refractivity contribution < 1.29 is 40.6 Å². The minimum Gasteiger partial charge on any atom is -0.457 e. The topological polar surface area (TPSA) is 32.7 Å². The second-order valence-corrected chi connectivity index (χ2v) is 8.10. The molecule has 35 heavy (non-hydrogen) atoms. The van der Waals surface area contributed by atoms with Crippen LogP contribution in [-0.2, 0) is 12.5 Å². The van der Waals surface area contributed by atoms with Gasteiger partial charge in [-0.25, -0.2) is 0 Å². The average Bonchev–Trinajstić information content (AvgIpc) is 2.78. The van der Waals surface area contributed by atoms with Crippen molar-refractivity contribution in [2.24, 2.45) is 0 Å². The highest BCUT2D eigenvalue weighted by molar-refractivity contribution is 6.22. The fourth-order valence-electron chi connectivity index (χ4n) is 3.19. The molecule has 0 aliphatic carbocycles. The Balaban J connectivity index is 1.93. The van der Waals surface area contributed by atoms with Crippen LogP contribution in [0, 0.1) is 0 Å². The van der Waals surface area contributed by atoms with Crippen molar-refractivity contribution >= 4 is 17.3 Å². The van der Waals surface area contributed by atoms with E-state index >= 15 is 0 Å². The largest absolute Gasteiger partial charge is 0.457 e. The Labute approximate surface area is 201 Å². The second kappa shape index (κ2) is 10.3. The van der Waals surface area contributed by atoms with Crippen LogP contribution in [0.3, 0.4) is 0 Å². The van der Waals surface area contributed by atoms with Crippen LogP contribution in [0.5, 0.6) is 11.5 Å². The number of para-hydroxylation sites is 1. The fraction of sp³-hybridized carbons (Fsp3) is 0.250. The summed E-state index contributed by atoms with van der Waals surface area (Å²) in [4.78, 5) is 1.08. The molecule has 3 aromatic carbocycles. The van der Waals surface area contributed by atoms with Crippen LogP contribution >= 0.6 is 11.6 Å². The molecule has 0 saturated heterocycles. The van der Waals surface area contributed by atoms with Crippen molar-refractivity contribution in [2.75, 3.05) is 11.4 Å². The van der Waals surface area contributed by atoms with Gasteiger partial charge < -0.3 is 14.7 Å². The van der Waals surface area contributed by atoms with Crippen molar-refractivity contribution in [1.82, 2.24) is 0 Å². The van der Waals surface area contributed by atoms with Gasteiger partial charge in [-0.3, -0.25) is 0 Å². The van der Waals surface area contributed by atoms with E-state index in [2.05, 4.69) is 11.6 Å². The summed E-state index contributed by atoms with van der Waals surface area (Å²) in [7, 11) is 0. The summed E-state index contributed by atoms with van der Waals surface area (Å²) in [5, 5.41) is 4.78. The van der Waals surface area contributed by atoms with Gasteiger partial charge in [0.1, 0.15) is 11.5 Å². The summed E-state index contributed by atoms with van der Waals surface area (Å²) >= 11 is 4.55. The molecule has 0 aliphatic heterocycles. The van der Waals surface area contributed by atoms with Gasteiger partial charge in [0.2, 0.25) is 0 Å². The average molecular weight is 522 g/mol. The maximum absolute atomic E-state index is 14.0. The molecule has 1 N–H and O–H groups in total. The minimum absolute atomic E-state index is 0.00755. The van der Waals surface area contributed by atoms with Crippen LogP contribution in [0.4, 0.5) is 36.4 Å². The third-order valence-electron chi connectivity index (χ3n) is 4.95. The lowest BCUT2D eigenvalue weighted by Crippen LogP contribution is -2.41. The molecule has 0 spiro atoms. The lowest BCUT2D eigenvalue weighted by molar-refractivity contribution is -0.200. The lowest BCUT2D eigenvalue weighted by atomic mass is 10.0. The van der Waals surface area contributed by atoms with Crippen LogP contribution < -0.4 is 9.64 Å². The third-order valence-corrected chi connectivity index (χ3v) is 5.19. The molecule has 0 aliphatic rings. The number of hydrogen-bond donors (Lipinski definition) is 1. The molecular weight excluding hydrogens is 503 g/mol. The molecule has 0 bridgehead atoms. The molecule has 0 fully saturated rings. The van der Waals surface area contributed by atoms with Gasteiger partial charge in [0.25, 0.3) is 0 Å². The molecule has 1 unspecified atom stereocenters. The smallest absolute Gasteiger partial charge is 0.416 e. The Morgan fingerprint density at radius 2 is 1.43 bits per heavy atom. The number of aliphatic hydroxyl groups is 1. The first-order valence-corrected chi connectivity index (χ1v) is 10.5. The molecule has 3 nitrogen and oxygen atoms in total. The maximum Gasteiger partial charge on any atom is 0.416 e. The minimum atomic E-state index is -4.95. The highest BCUT2D eigenvalue weighted by Gasteiger charge is 2.56. The molecule has 11 heteroatoms. The number of anilines is 1. The van der Waals surface area contributed by atoms with Crippen LogP contribution in [0.25, 0.3) is 0 Å². The first-order valence-electron chi connectivity index (χ1n) is 10.1. The summed E-state index contributed by atoms with van der Waals surface area (Å²) in [6.07, 6.45) is -7.72. The highest BCUT2D eigenvalue weighted by Crippen LogP contribution is 2.45. The number of nitrogens with zero attached hydrogens (tertiary/aromatic N) is 1. The number of ether oxygens (including phenoxy) is 1. The quantitative estimate of drug-likeness (QED) is 0.236. The van der Waals surface area contributed by atoms with E-state index in [1.54, 1.807) is 36.4 Å². The Bertz CT molecular complexity index is 1120. The van der Waals surface area contributed by atoms with Crippen LogP contribution in [0.1, 0.15) is 11.1 Å². The first-order chi connectivity index (χ1) is 16.3. The zero-order chi connectivity index (χ0) is 25.9. The lowest BCUT2D eigenvalue weighted by Gasteiger charge is -2.29. The number of halogens is 8. The summed E-state index contributed by atoms with van der Waals surface area (Å²) in [5.74, 6) is -3.99. The summed E-state index contributed by atoms with van der Waals surface area (Å²) in [6, 6.07) is 18.2. The van der Waals surface area contributed by atoms with E-state index in [9.17, 15) is 35.8 Å². The van der Waals surface area contributed by atoms with E-state index in [0.29, 0.717) is 5.75 Å². The Morgan fingerprint density at radius 3 is 2.06 bits per heavy atom. The van der Waals surface area contributed by atoms with E-state index in [1.807, 2.05) is 0 Å². The molecule has 0 amide bonds. The predicted octanol–water partition coefficient (Wildman–Crippen LogP) is 7.33. The highest BCUT2D eigenvalue weighted by atomic mass is 35.5. The van der Waals surface area contributed by atoms with Gasteiger partial charge in [-0.05, 0) is 47.5 Å². The number of rotatable bonds is 9. The normalized spacial score (nSPS) is 13.4. The Kier molecular flexibility index (Phi) is 7.86. The predicted molar refractivity (Wildman–Crippen MR) is 117 cm³/mol. The van der Waals surface area contributed by atoms with Gasteiger partial charge in [0.15, 0.2) is 6.10 Å². The van der Waals surface area contributed by atoms with Crippen molar-refractivity contribution in [1.29, 1.82) is 0 Å². The Hall–Kier alpha value is -2.98. The zero-order valence-corrected chi connectivity index (χ0v) is 18.6. The number of hydrogen-bond acceptors (Lipinski definition) is 3. The maximum atomic E-state index is 14.0. The van der Waals surface area contributed by atoms with E-state index < -0.39 is 42.2 Å². The van der Waals surface area contributed by atoms with Gasteiger partial charge in [-0.15, -0.1) is 0 Å². The molecule has 3 rings (SSSR count). The number of benzene rings is 3. The van der Waals surface area contributed by atoms with E-state index in [-0.39, 0.29) is 17.0 Å². The summed E-state index contributed by atoms with van der Waals surface area (Å²) < 4.78 is 99.4. The molecule has 0 heterocycles. The van der Waals surface area contributed by atoms with Crippen LogP contribution in [-0.4, -0.2) is 29.3 Å². The van der Waals surface area contributed by atoms with E-state index in [0.717, 1.165) is 23.1 Å². The van der Waals surface area contributed by atoms with Crippen LogP contribution in [0.15, 0.2) is 78.9 Å². The van der Waals surface area contributed by atoms with Crippen molar-refractivity contribution in [3.63, 3.8) is 0 Å². The standard InChI is InChI=1S/C24H19ClF7NO2/c25-24(31,32)22(26,27)17-7-4-6-16(12-17)14-33(15-21(34)23(28,29)30)18-8-5-11-20(13-18)35-19-9-2-1-3-10-19/h1-13,21,34H,14-15H2. The van der Waals surface area contributed by atoms with Crippen molar-refractivity contribution in [3.05, 3.63) is 90.0 Å². The molecule has 0 aromatic heterocycles. The summed E-state index contributed by atoms with van der Waals surface area (Å²) in [6.45, 7) is -1.37. The third kappa shape index (κ3) is 6.79. The van der Waals surface area contributed by atoms with Gasteiger partial charge in [0, 0.05) is 23.9 Å². The van der Waals surface area contributed by atoms with Gasteiger partial charge in [-0.2, -0.15) is 30.7 Å². The second-order valence-electron chi connectivity index (χ2n) is 7.62. The number of alkyl halides is 8. The van der Waals surface area contributed by atoms with E-state index in [4.69, 9.17) is 4.74 Å². The van der Waals surface area contributed by atoms with Crippen molar-refractivity contribution in [3.8, 4) is 11.5 Å². The van der Waals surface area contributed by atoms with Gasteiger partial charge in [-0.1, -0.05) is 42.5 Å². The molecule has 188 valence electrons. The SMILES string of the molecule is OC(CN(Cc1cccc(C(F)(F)C(F)(F)Cl)c1)c1cccc(Oc2ccccc2)c1)C(F)(F)F. The number of aliphatic hydroxyl groups excluding tert-OH is 1. The van der Waals surface area contributed by atoms with Crippen molar-refractivity contribution in [2.45, 2.75) is 30.1 Å².